The number of benzene rings is 1. The lowest BCUT2D eigenvalue weighted by Gasteiger charge is -2.21. The maximum absolute atomic E-state index is 14.0. The van der Waals surface area contributed by atoms with E-state index < -0.39 is 5.67 Å². The highest BCUT2D eigenvalue weighted by molar-refractivity contribution is 5.32. The molecule has 16 heavy (non-hydrogen) atoms. The first-order valence-electron chi connectivity index (χ1n) is 6.08. The summed E-state index contributed by atoms with van der Waals surface area (Å²) in [6, 6.07) is 8.41. The van der Waals surface area contributed by atoms with Crippen LogP contribution in [0.3, 0.4) is 0 Å². The average Bonchev–Trinajstić information content (AvgIpc) is 2.70. The van der Waals surface area contributed by atoms with Gasteiger partial charge in [-0.25, -0.2) is 4.39 Å². The zero-order valence-electron chi connectivity index (χ0n) is 10.1. The first kappa shape index (κ1) is 11.6. The van der Waals surface area contributed by atoms with Crippen LogP contribution < -0.4 is 5.32 Å². The third-order valence-electron chi connectivity index (χ3n) is 3.29. The van der Waals surface area contributed by atoms with Gasteiger partial charge in [-0.1, -0.05) is 24.3 Å². The molecule has 2 rings (SSSR count). The van der Waals surface area contributed by atoms with Crippen LogP contribution in [0.1, 0.15) is 37.8 Å². The summed E-state index contributed by atoms with van der Waals surface area (Å²) in [4.78, 5) is 0. The van der Waals surface area contributed by atoms with Gasteiger partial charge in [-0.3, -0.25) is 0 Å². The van der Waals surface area contributed by atoms with Crippen LogP contribution in [-0.2, 0) is 12.1 Å². The molecule has 1 aliphatic rings. The van der Waals surface area contributed by atoms with Crippen LogP contribution in [0, 0.1) is 0 Å². The van der Waals surface area contributed by atoms with E-state index in [0.717, 1.165) is 24.1 Å². The Balaban J connectivity index is 2.19. The van der Waals surface area contributed by atoms with Crippen LogP contribution in [0.2, 0.25) is 0 Å². The van der Waals surface area contributed by atoms with Gasteiger partial charge >= 0.3 is 0 Å². The number of alkyl halides is 1. The minimum atomic E-state index is -1.24. The molecule has 0 aliphatic carbocycles. The zero-order chi connectivity index (χ0) is 11.6. The second-order valence-electron chi connectivity index (χ2n) is 5.13. The Hall–Kier alpha value is -0.890. The number of nitrogens with one attached hydrogen (secondary N) is 1. The standard InChI is InChI=1S/C14H20FN/c1-14(2,15)13-8-4-3-6-11(13)10-12-7-5-9-16-12/h3-4,6,8,12,16H,5,7,9-10H2,1-2H3. The normalized spacial score (nSPS) is 21.3. The Labute approximate surface area is 97.1 Å². The molecule has 1 fully saturated rings. The van der Waals surface area contributed by atoms with Crippen molar-refractivity contribution in [1.29, 1.82) is 0 Å². The second-order valence-corrected chi connectivity index (χ2v) is 5.13. The SMILES string of the molecule is CC(C)(F)c1ccccc1CC1CCCN1. The molecule has 1 aromatic rings. The van der Waals surface area contributed by atoms with E-state index in [2.05, 4.69) is 11.4 Å². The lowest BCUT2D eigenvalue weighted by Crippen LogP contribution is -2.25. The van der Waals surface area contributed by atoms with E-state index in [1.54, 1.807) is 13.8 Å². The monoisotopic (exact) mass is 221 g/mol. The van der Waals surface area contributed by atoms with E-state index in [1.807, 2.05) is 18.2 Å². The predicted octanol–water partition coefficient (Wildman–Crippen LogP) is 3.19. The van der Waals surface area contributed by atoms with Gasteiger partial charge in [0.1, 0.15) is 5.67 Å². The topological polar surface area (TPSA) is 12.0 Å². The summed E-state index contributed by atoms with van der Waals surface area (Å²) >= 11 is 0. The molecule has 1 aromatic carbocycles. The van der Waals surface area contributed by atoms with Crippen molar-refractivity contribution in [3.63, 3.8) is 0 Å². The highest BCUT2D eigenvalue weighted by Gasteiger charge is 2.24. The maximum Gasteiger partial charge on any atom is 0.130 e. The molecule has 0 spiro atoms. The van der Waals surface area contributed by atoms with E-state index in [1.165, 1.54) is 12.8 Å². The molecule has 1 aliphatic heterocycles. The van der Waals surface area contributed by atoms with E-state index in [-0.39, 0.29) is 0 Å². The molecule has 1 atom stereocenters. The minimum Gasteiger partial charge on any atom is -0.314 e. The van der Waals surface area contributed by atoms with E-state index in [4.69, 9.17) is 0 Å². The zero-order valence-corrected chi connectivity index (χ0v) is 10.1. The van der Waals surface area contributed by atoms with E-state index in [0.29, 0.717) is 6.04 Å². The van der Waals surface area contributed by atoms with Crippen LogP contribution >= 0.6 is 0 Å². The van der Waals surface area contributed by atoms with Gasteiger partial charge in [-0.05, 0) is 50.8 Å². The summed E-state index contributed by atoms with van der Waals surface area (Å²) in [6.45, 7) is 4.37. The van der Waals surface area contributed by atoms with Gasteiger partial charge in [0.25, 0.3) is 0 Å². The summed E-state index contributed by atoms with van der Waals surface area (Å²) in [7, 11) is 0. The van der Waals surface area contributed by atoms with Crippen LogP contribution in [-0.4, -0.2) is 12.6 Å². The Kier molecular flexibility index (Phi) is 3.29. The van der Waals surface area contributed by atoms with Gasteiger partial charge in [0.15, 0.2) is 0 Å². The smallest absolute Gasteiger partial charge is 0.130 e. The van der Waals surface area contributed by atoms with Crippen molar-refractivity contribution in [2.24, 2.45) is 0 Å². The molecule has 0 amide bonds. The fourth-order valence-corrected chi connectivity index (χ4v) is 2.47. The molecule has 2 heteroatoms. The molecular weight excluding hydrogens is 201 g/mol. The van der Waals surface area contributed by atoms with Crippen molar-refractivity contribution in [3.8, 4) is 0 Å². The van der Waals surface area contributed by atoms with Crippen molar-refractivity contribution >= 4 is 0 Å². The lowest BCUT2D eigenvalue weighted by atomic mass is 9.91. The van der Waals surface area contributed by atoms with Gasteiger partial charge in [-0.15, -0.1) is 0 Å². The van der Waals surface area contributed by atoms with Crippen LogP contribution in [0.15, 0.2) is 24.3 Å². The van der Waals surface area contributed by atoms with Gasteiger partial charge in [0, 0.05) is 6.04 Å². The van der Waals surface area contributed by atoms with Crippen molar-refractivity contribution in [2.45, 2.75) is 44.8 Å². The number of halogens is 1. The molecular formula is C14H20FN. The Bertz CT molecular complexity index is 348. The van der Waals surface area contributed by atoms with Crippen molar-refractivity contribution in [1.82, 2.24) is 5.32 Å². The molecule has 0 bridgehead atoms. The quantitative estimate of drug-likeness (QED) is 0.826. The maximum atomic E-state index is 14.0. The molecule has 1 saturated heterocycles. The van der Waals surface area contributed by atoms with Crippen molar-refractivity contribution in [2.75, 3.05) is 6.54 Å². The number of hydrogen-bond donors (Lipinski definition) is 1. The Morgan fingerprint density at radius 3 is 2.75 bits per heavy atom. The summed E-state index contributed by atoms with van der Waals surface area (Å²) < 4.78 is 14.0. The molecule has 0 aromatic heterocycles. The molecule has 1 unspecified atom stereocenters. The largest absolute Gasteiger partial charge is 0.314 e. The summed E-state index contributed by atoms with van der Waals surface area (Å²) in [5, 5.41) is 3.46. The lowest BCUT2D eigenvalue weighted by molar-refractivity contribution is 0.219. The van der Waals surface area contributed by atoms with Crippen molar-refractivity contribution < 1.29 is 4.39 Å². The minimum absolute atomic E-state index is 0.531. The molecule has 0 radical (unpaired) electrons. The average molecular weight is 221 g/mol. The highest BCUT2D eigenvalue weighted by Crippen LogP contribution is 2.29. The summed E-state index contributed by atoms with van der Waals surface area (Å²) in [5.41, 5.74) is 0.743. The van der Waals surface area contributed by atoms with Gasteiger partial charge < -0.3 is 5.32 Å². The van der Waals surface area contributed by atoms with Crippen LogP contribution in [0.25, 0.3) is 0 Å². The van der Waals surface area contributed by atoms with Crippen LogP contribution in [0.4, 0.5) is 4.39 Å². The predicted molar refractivity (Wildman–Crippen MR) is 65.3 cm³/mol. The van der Waals surface area contributed by atoms with E-state index in [9.17, 15) is 4.39 Å². The Morgan fingerprint density at radius 1 is 1.38 bits per heavy atom. The first-order valence-corrected chi connectivity index (χ1v) is 6.08. The summed E-state index contributed by atoms with van der Waals surface area (Å²) in [6.07, 6.45) is 3.40. The third kappa shape index (κ3) is 2.62. The highest BCUT2D eigenvalue weighted by atomic mass is 19.1. The fraction of sp³-hybridized carbons (Fsp3) is 0.571. The fourth-order valence-electron chi connectivity index (χ4n) is 2.47. The van der Waals surface area contributed by atoms with Crippen molar-refractivity contribution in [3.05, 3.63) is 35.4 Å². The second kappa shape index (κ2) is 4.54. The van der Waals surface area contributed by atoms with Gasteiger partial charge in [0.2, 0.25) is 0 Å². The number of rotatable bonds is 3. The Morgan fingerprint density at radius 2 is 2.12 bits per heavy atom. The third-order valence-corrected chi connectivity index (χ3v) is 3.29. The van der Waals surface area contributed by atoms with Gasteiger partial charge in [-0.2, -0.15) is 0 Å². The van der Waals surface area contributed by atoms with E-state index >= 15 is 0 Å². The molecule has 1 nitrogen and oxygen atoms in total. The molecule has 1 heterocycles. The summed E-state index contributed by atoms with van der Waals surface area (Å²) in [5.74, 6) is 0. The molecule has 1 N–H and O–H groups in total. The molecule has 0 saturated carbocycles. The number of hydrogen-bond acceptors (Lipinski definition) is 1. The molecule has 88 valence electrons. The van der Waals surface area contributed by atoms with Gasteiger partial charge in [0.05, 0.1) is 0 Å². The van der Waals surface area contributed by atoms with Crippen LogP contribution in [0.5, 0.6) is 0 Å². The first-order chi connectivity index (χ1) is 7.57.